The van der Waals surface area contributed by atoms with Crippen LogP contribution in [-0.4, -0.2) is 26.2 Å². The minimum Gasteiger partial charge on any atom is -0.309 e. The van der Waals surface area contributed by atoms with Crippen molar-refractivity contribution in [2.45, 2.75) is 50.4 Å². The van der Waals surface area contributed by atoms with Crippen LogP contribution >= 0.6 is 0 Å². The normalized spacial score (nSPS) is 25.8. The van der Waals surface area contributed by atoms with Gasteiger partial charge in [-0.05, 0) is 24.5 Å². The molecule has 0 saturated heterocycles. The van der Waals surface area contributed by atoms with Crippen LogP contribution in [0.15, 0.2) is 24.5 Å². The Balaban J connectivity index is 1.91. The SMILES string of the molecule is CC[S@@](=O)[C@H]1CCCC[C@@H]1NCc1cccnc1. The molecule has 1 aromatic heterocycles. The first-order chi connectivity index (χ1) is 8.81. The second-order valence-electron chi connectivity index (χ2n) is 4.84. The highest BCUT2D eigenvalue weighted by molar-refractivity contribution is 7.85. The number of pyridine rings is 1. The largest absolute Gasteiger partial charge is 0.309 e. The van der Waals surface area contributed by atoms with Crippen LogP contribution in [0.25, 0.3) is 0 Å². The van der Waals surface area contributed by atoms with Crippen molar-refractivity contribution in [3.8, 4) is 0 Å². The van der Waals surface area contributed by atoms with Crippen LogP contribution in [0.2, 0.25) is 0 Å². The zero-order valence-electron chi connectivity index (χ0n) is 11.0. The molecule has 1 aliphatic carbocycles. The molecule has 1 aliphatic rings. The van der Waals surface area contributed by atoms with Crippen molar-refractivity contribution in [2.24, 2.45) is 0 Å². The van der Waals surface area contributed by atoms with Crippen LogP contribution in [0, 0.1) is 0 Å². The predicted molar refractivity (Wildman–Crippen MR) is 75.8 cm³/mol. The van der Waals surface area contributed by atoms with Gasteiger partial charge in [0.25, 0.3) is 0 Å². The molecule has 1 saturated carbocycles. The van der Waals surface area contributed by atoms with E-state index in [9.17, 15) is 4.21 Å². The van der Waals surface area contributed by atoms with E-state index < -0.39 is 10.8 Å². The van der Waals surface area contributed by atoms with Gasteiger partial charge in [-0.1, -0.05) is 25.8 Å². The van der Waals surface area contributed by atoms with Gasteiger partial charge in [0.15, 0.2) is 0 Å². The van der Waals surface area contributed by atoms with Crippen molar-refractivity contribution in [1.29, 1.82) is 0 Å². The molecule has 0 radical (unpaired) electrons. The molecule has 2 rings (SSSR count). The lowest BCUT2D eigenvalue weighted by Crippen LogP contribution is -2.44. The van der Waals surface area contributed by atoms with Gasteiger partial charge < -0.3 is 5.32 Å². The Hall–Kier alpha value is -0.740. The van der Waals surface area contributed by atoms with Crippen LogP contribution in [-0.2, 0) is 17.3 Å². The van der Waals surface area contributed by atoms with Crippen LogP contribution in [0.3, 0.4) is 0 Å². The minimum atomic E-state index is -0.680. The third-order valence-corrected chi connectivity index (χ3v) is 5.42. The summed E-state index contributed by atoms with van der Waals surface area (Å²) in [6.07, 6.45) is 8.41. The van der Waals surface area contributed by atoms with E-state index in [2.05, 4.69) is 16.4 Å². The second-order valence-corrected chi connectivity index (χ2v) is 6.79. The molecule has 0 bridgehead atoms. The van der Waals surface area contributed by atoms with Crippen LogP contribution < -0.4 is 5.32 Å². The molecule has 0 amide bonds. The lowest BCUT2D eigenvalue weighted by molar-refractivity contribution is 0.377. The maximum Gasteiger partial charge on any atom is 0.0501 e. The lowest BCUT2D eigenvalue weighted by atomic mass is 9.94. The van der Waals surface area contributed by atoms with E-state index in [4.69, 9.17) is 0 Å². The molecular formula is C14H22N2OS. The summed E-state index contributed by atoms with van der Waals surface area (Å²) in [5.74, 6) is 0.774. The summed E-state index contributed by atoms with van der Waals surface area (Å²) in [6.45, 7) is 2.85. The molecule has 18 heavy (non-hydrogen) atoms. The fourth-order valence-corrected chi connectivity index (χ4v) is 4.07. The number of nitrogens with zero attached hydrogens (tertiary/aromatic N) is 1. The molecule has 0 spiro atoms. The van der Waals surface area contributed by atoms with Crippen molar-refractivity contribution < 1.29 is 4.21 Å². The van der Waals surface area contributed by atoms with E-state index in [-0.39, 0.29) is 0 Å². The van der Waals surface area contributed by atoms with Crippen molar-refractivity contribution in [3.05, 3.63) is 30.1 Å². The number of rotatable bonds is 5. The van der Waals surface area contributed by atoms with Crippen LogP contribution in [0.4, 0.5) is 0 Å². The Bertz CT molecular complexity index is 383. The van der Waals surface area contributed by atoms with Gasteiger partial charge in [0, 0.05) is 41.5 Å². The summed E-state index contributed by atoms with van der Waals surface area (Å²) < 4.78 is 12.0. The molecule has 0 aromatic carbocycles. The van der Waals surface area contributed by atoms with Gasteiger partial charge >= 0.3 is 0 Å². The average Bonchev–Trinajstić information content (AvgIpc) is 2.45. The maximum atomic E-state index is 12.0. The number of nitrogens with one attached hydrogen (secondary N) is 1. The molecular weight excluding hydrogens is 244 g/mol. The fourth-order valence-electron chi connectivity index (χ4n) is 2.61. The van der Waals surface area contributed by atoms with Gasteiger partial charge in [0.05, 0.1) is 5.25 Å². The summed E-state index contributed by atoms with van der Waals surface area (Å²) in [6, 6.07) is 4.44. The topological polar surface area (TPSA) is 42.0 Å². The first-order valence-electron chi connectivity index (χ1n) is 6.80. The zero-order chi connectivity index (χ0) is 12.8. The van der Waals surface area contributed by atoms with E-state index in [1.54, 1.807) is 6.20 Å². The summed E-state index contributed by atoms with van der Waals surface area (Å²) >= 11 is 0. The highest BCUT2D eigenvalue weighted by Gasteiger charge is 2.28. The summed E-state index contributed by atoms with van der Waals surface area (Å²) in [5, 5.41) is 3.90. The highest BCUT2D eigenvalue weighted by atomic mass is 32.2. The van der Waals surface area contributed by atoms with E-state index >= 15 is 0 Å². The van der Waals surface area contributed by atoms with Crippen molar-refractivity contribution in [2.75, 3.05) is 5.75 Å². The molecule has 4 heteroatoms. The van der Waals surface area contributed by atoms with E-state index in [0.29, 0.717) is 11.3 Å². The van der Waals surface area contributed by atoms with E-state index in [0.717, 1.165) is 25.1 Å². The Kier molecular flexibility index (Phi) is 5.32. The molecule has 3 atom stereocenters. The Morgan fingerprint density at radius 1 is 1.44 bits per heavy atom. The first kappa shape index (κ1) is 13.7. The van der Waals surface area contributed by atoms with Gasteiger partial charge in [-0.2, -0.15) is 0 Å². The van der Waals surface area contributed by atoms with E-state index in [1.807, 2.05) is 19.2 Å². The molecule has 100 valence electrons. The van der Waals surface area contributed by atoms with Crippen molar-refractivity contribution >= 4 is 10.8 Å². The Morgan fingerprint density at radius 2 is 2.28 bits per heavy atom. The average molecular weight is 266 g/mol. The summed E-state index contributed by atoms with van der Waals surface area (Å²) in [7, 11) is -0.680. The Morgan fingerprint density at radius 3 is 3.00 bits per heavy atom. The van der Waals surface area contributed by atoms with E-state index in [1.165, 1.54) is 18.4 Å². The maximum absolute atomic E-state index is 12.0. The van der Waals surface area contributed by atoms with Gasteiger partial charge in [-0.3, -0.25) is 9.19 Å². The first-order valence-corrected chi connectivity index (χ1v) is 8.19. The van der Waals surface area contributed by atoms with Gasteiger partial charge in [0.2, 0.25) is 0 Å². The Labute approximate surface area is 112 Å². The zero-order valence-corrected chi connectivity index (χ0v) is 11.8. The minimum absolute atomic E-state index is 0.334. The molecule has 3 nitrogen and oxygen atoms in total. The monoisotopic (exact) mass is 266 g/mol. The predicted octanol–water partition coefficient (Wildman–Crippen LogP) is 2.25. The summed E-state index contributed by atoms with van der Waals surface area (Å²) in [5.41, 5.74) is 1.20. The van der Waals surface area contributed by atoms with Gasteiger partial charge in [-0.15, -0.1) is 0 Å². The van der Waals surface area contributed by atoms with Gasteiger partial charge in [0.1, 0.15) is 0 Å². The summed E-state index contributed by atoms with van der Waals surface area (Å²) in [4.78, 5) is 4.12. The fraction of sp³-hybridized carbons (Fsp3) is 0.643. The molecule has 1 aromatic rings. The molecule has 0 unspecified atom stereocenters. The number of hydrogen-bond donors (Lipinski definition) is 1. The third kappa shape index (κ3) is 3.62. The third-order valence-electron chi connectivity index (χ3n) is 3.62. The number of aromatic nitrogens is 1. The van der Waals surface area contributed by atoms with Crippen LogP contribution in [0.5, 0.6) is 0 Å². The molecule has 0 aliphatic heterocycles. The van der Waals surface area contributed by atoms with Crippen LogP contribution in [0.1, 0.15) is 38.2 Å². The lowest BCUT2D eigenvalue weighted by Gasteiger charge is -2.31. The molecule has 1 N–H and O–H groups in total. The second kappa shape index (κ2) is 7.00. The quantitative estimate of drug-likeness (QED) is 0.889. The van der Waals surface area contributed by atoms with Crippen molar-refractivity contribution in [3.63, 3.8) is 0 Å². The number of hydrogen-bond acceptors (Lipinski definition) is 3. The van der Waals surface area contributed by atoms with Crippen molar-refractivity contribution in [1.82, 2.24) is 10.3 Å². The smallest absolute Gasteiger partial charge is 0.0501 e. The standard InChI is InChI=1S/C14H22N2OS/c1-2-18(17)14-8-4-3-7-13(14)16-11-12-6-5-9-15-10-12/h5-6,9-10,13-14,16H,2-4,7-8,11H2,1H3/t13-,14-,18+/m0/s1. The van der Waals surface area contributed by atoms with Gasteiger partial charge in [-0.25, -0.2) is 0 Å². The molecule has 1 heterocycles. The molecule has 1 fully saturated rings. The highest BCUT2D eigenvalue weighted by Crippen LogP contribution is 2.23.